The van der Waals surface area contributed by atoms with Crippen molar-refractivity contribution in [1.29, 1.82) is 0 Å². The molecule has 0 atom stereocenters. The van der Waals surface area contributed by atoms with E-state index < -0.39 is 23.5 Å². The maximum Gasteiger partial charge on any atom is 0.416 e. The normalized spacial score (nSPS) is 12.3. The molecule has 4 rings (SSSR count). The van der Waals surface area contributed by atoms with E-state index in [0.29, 0.717) is 23.1 Å². The fourth-order valence-corrected chi connectivity index (χ4v) is 3.29. The molecular formula is C23H12BF6N. The van der Waals surface area contributed by atoms with Gasteiger partial charge in [0, 0.05) is 6.20 Å². The summed E-state index contributed by atoms with van der Waals surface area (Å²) < 4.78 is 78.7. The third kappa shape index (κ3) is 4.43. The Morgan fingerprint density at radius 2 is 1.10 bits per heavy atom. The van der Waals surface area contributed by atoms with Crippen LogP contribution in [0.1, 0.15) is 11.1 Å². The Labute approximate surface area is 174 Å². The zero-order valence-electron chi connectivity index (χ0n) is 15.7. The van der Waals surface area contributed by atoms with Gasteiger partial charge in [0.15, 0.2) is 0 Å². The predicted octanol–water partition coefficient (Wildman–Crippen LogP) is 6.40. The molecule has 0 fully saturated rings. The first kappa shape index (κ1) is 21.0. The van der Waals surface area contributed by atoms with Crippen molar-refractivity contribution in [2.24, 2.45) is 0 Å². The Bertz CT molecular complexity index is 1230. The zero-order chi connectivity index (χ0) is 22.4. The van der Waals surface area contributed by atoms with Gasteiger partial charge in [-0.1, -0.05) is 47.9 Å². The van der Waals surface area contributed by atoms with Crippen LogP contribution in [0.5, 0.6) is 0 Å². The number of pyridine rings is 1. The summed E-state index contributed by atoms with van der Waals surface area (Å²) in [5.74, 6) is 0. The van der Waals surface area contributed by atoms with Gasteiger partial charge >= 0.3 is 12.4 Å². The number of hydrogen-bond donors (Lipinski definition) is 0. The van der Waals surface area contributed by atoms with Gasteiger partial charge in [0.25, 0.3) is 0 Å². The summed E-state index contributed by atoms with van der Waals surface area (Å²) in [7, 11) is 5.72. The molecule has 3 aromatic carbocycles. The quantitative estimate of drug-likeness (QED) is 0.267. The smallest absolute Gasteiger partial charge is 0.257 e. The average Bonchev–Trinajstić information content (AvgIpc) is 2.72. The van der Waals surface area contributed by atoms with Crippen LogP contribution in [0.3, 0.4) is 0 Å². The number of hydrogen-bond acceptors (Lipinski definition) is 1. The Morgan fingerprint density at radius 3 is 1.65 bits per heavy atom. The molecule has 1 heterocycles. The standard InChI is InChI=1S/C23H12BF6N/c24-20-9-16-6-5-15(10-21(16)31-12-20)13-1-3-14(4-2-13)17-7-18(22(25,26)27)11-19(8-17)23(28,29)30/h1-12H. The maximum atomic E-state index is 13.1. The van der Waals surface area contributed by atoms with Crippen LogP contribution in [0.25, 0.3) is 33.2 Å². The van der Waals surface area contributed by atoms with Gasteiger partial charge in [0.1, 0.15) is 7.85 Å². The van der Waals surface area contributed by atoms with Gasteiger partial charge in [0.05, 0.1) is 16.6 Å². The van der Waals surface area contributed by atoms with E-state index in [9.17, 15) is 26.3 Å². The van der Waals surface area contributed by atoms with E-state index in [1.54, 1.807) is 18.2 Å². The number of aromatic nitrogens is 1. The van der Waals surface area contributed by atoms with Crippen molar-refractivity contribution in [1.82, 2.24) is 4.98 Å². The van der Waals surface area contributed by atoms with E-state index in [1.807, 2.05) is 18.2 Å². The summed E-state index contributed by atoms with van der Waals surface area (Å²) in [4.78, 5) is 4.26. The largest absolute Gasteiger partial charge is 0.416 e. The third-order valence-electron chi connectivity index (χ3n) is 4.84. The van der Waals surface area contributed by atoms with Crippen molar-refractivity contribution >= 4 is 24.2 Å². The Kier molecular flexibility index (Phi) is 5.03. The second-order valence-corrected chi connectivity index (χ2v) is 7.05. The lowest BCUT2D eigenvalue weighted by molar-refractivity contribution is -0.143. The second kappa shape index (κ2) is 7.44. The molecule has 31 heavy (non-hydrogen) atoms. The number of fused-ring (bicyclic) bond motifs is 1. The van der Waals surface area contributed by atoms with Crippen LogP contribution in [-0.2, 0) is 12.4 Å². The SMILES string of the molecule is [B]c1cnc2cc(-c3ccc(-c4cc(C(F)(F)F)cc(C(F)(F)F)c4)cc3)ccc2c1. The van der Waals surface area contributed by atoms with E-state index in [2.05, 4.69) is 4.98 Å². The molecule has 4 aromatic rings. The fraction of sp³-hybridized carbons (Fsp3) is 0.0870. The van der Waals surface area contributed by atoms with Crippen molar-refractivity contribution in [3.63, 3.8) is 0 Å². The summed E-state index contributed by atoms with van der Waals surface area (Å²) in [5, 5.41) is 0.851. The van der Waals surface area contributed by atoms with Crippen LogP contribution in [0, 0.1) is 0 Å². The Balaban J connectivity index is 1.73. The first-order chi connectivity index (χ1) is 14.5. The monoisotopic (exact) mass is 427 g/mol. The summed E-state index contributed by atoms with van der Waals surface area (Å²) in [6.07, 6.45) is -8.25. The van der Waals surface area contributed by atoms with Crippen LogP contribution in [0.15, 0.2) is 72.9 Å². The molecule has 154 valence electrons. The minimum absolute atomic E-state index is 0.118. The number of halogens is 6. The van der Waals surface area contributed by atoms with E-state index in [-0.39, 0.29) is 17.2 Å². The maximum absolute atomic E-state index is 13.1. The number of rotatable bonds is 2. The number of nitrogens with zero attached hydrogens (tertiary/aromatic N) is 1. The second-order valence-electron chi connectivity index (χ2n) is 7.05. The predicted molar refractivity (Wildman–Crippen MR) is 108 cm³/mol. The van der Waals surface area contributed by atoms with E-state index in [4.69, 9.17) is 7.85 Å². The third-order valence-corrected chi connectivity index (χ3v) is 4.84. The van der Waals surface area contributed by atoms with Crippen molar-refractivity contribution in [3.05, 3.63) is 84.1 Å². The minimum atomic E-state index is -4.89. The molecule has 0 bridgehead atoms. The van der Waals surface area contributed by atoms with Crippen LogP contribution < -0.4 is 5.46 Å². The lowest BCUT2D eigenvalue weighted by atomic mass is 9.95. The summed E-state index contributed by atoms with van der Waals surface area (Å²) >= 11 is 0. The lowest BCUT2D eigenvalue weighted by Crippen LogP contribution is -2.11. The van der Waals surface area contributed by atoms with Gasteiger partial charge in [-0.25, -0.2) is 0 Å². The van der Waals surface area contributed by atoms with Gasteiger partial charge in [-0.05, 0) is 51.9 Å². The van der Waals surface area contributed by atoms with Gasteiger partial charge < -0.3 is 0 Å². The molecule has 8 heteroatoms. The zero-order valence-corrected chi connectivity index (χ0v) is 15.7. The molecule has 0 amide bonds. The molecule has 0 aliphatic rings. The van der Waals surface area contributed by atoms with Crippen molar-refractivity contribution in [2.45, 2.75) is 12.4 Å². The van der Waals surface area contributed by atoms with Gasteiger partial charge in [-0.3, -0.25) is 4.98 Å². The van der Waals surface area contributed by atoms with E-state index in [1.165, 1.54) is 18.3 Å². The van der Waals surface area contributed by atoms with Gasteiger partial charge in [-0.15, -0.1) is 0 Å². The highest BCUT2D eigenvalue weighted by Crippen LogP contribution is 2.39. The molecular weight excluding hydrogens is 415 g/mol. The van der Waals surface area contributed by atoms with Crippen LogP contribution in [-0.4, -0.2) is 12.8 Å². The van der Waals surface area contributed by atoms with Crippen molar-refractivity contribution in [3.8, 4) is 22.3 Å². The van der Waals surface area contributed by atoms with Crippen molar-refractivity contribution < 1.29 is 26.3 Å². The molecule has 0 aliphatic heterocycles. The lowest BCUT2D eigenvalue weighted by Gasteiger charge is -2.14. The molecule has 0 unspecified atom stereocenters. The minimum Gasteiger partial charge on any atom is -0.257 e. The highest BCUT2D eigenvalue weighted by atomic mass is 19.4. The topological polar surface area (TPSA) is 12.9 Å². The molecule has 0 saturated heterocycles. The number of benzene rings is 3. The summed E-state index contributed by atoms with van der Waals surface area (Å²) in [6, 6.07) is 15.1. The Morgan fingerprint density at radius 1 is 0.581 bits per heavy atom. The fourth-order valence-electron chi connectivity index (χ4n) is 3.29. The van der Waals surface area contributed by atoms with Gasteiger partial charge in [0.2, 0.25) is 0 Å². The highest BCUT2D eigenvalue weighted by Gasteiger charge is 2.37. The molecule has 0 aliphatic carbocycles. The molecule has 0 N–H and O–H groups in total. The highest BCUT2D eigenvalue weighted by molar-refractivity contribution is 6.32. The van der Waals surface area contributed by atoms with Crippen LogP contribution in [0.4, 0.5) is 26.3 Å². The van der Waals surface area contributed by atoms with Crippen LogP contribution in [0.2, 0.25) is 0 Å². The van der Waals surface area contributed by atoms with E-state index >= 15 is 0 Å². The first-order valence-electron chi connectivity index (χ1n) is 9.06. The van der Waals surface area contributed by atoms with E-state index in [0.717, 1.165) is 16.5 Å². The first-order valence-corrected chi connectivity index (χ1v) is 9.06. The Hall–Kier alpha value is -3.29. The molecule has 1 aromatic heterocycles. The summed E-state index contributed by atoms with van der Waals surface area (Å²) in [5.41, 5.74) is 0.176. The summed E-state index contributed by atoms with van der Waals surface area (Å²) in [6.45, 7) is 0. The molecule has 0 spiro atoms. The van der Waals surface area contributed by atoms with Crippen molar-refractivity contribution in [2.75, 3.05) is 0 Å². The average molecular weight is 427 g/mol. The van der Waals surface area contributed by atoms with Crippen LogP contribution >= 0.6 is 0 Å². The number of alkyl halides is 6. The molecule has 2 radical (unpaired) electrons. The molecule has 0 saturated carbocycles. The molecule has 1 nitrogen and oxygen atoms in total. The van der Waals surface area contributed by atoms with Gasteiger partial charge in [-0.2, -0.15) is 26.3 Å².